The lowest BCUT2D eigenvalue weighted by atomic mass is 10.1. The monoisotopic (exact) mass is 500 g/mol. The van der Waals surface area contributed by atoms with Gasteiger partial charge in [-0.15, -0.1) is 11.3 Å². The number of halogens is 1. The second-order valence-corrected chi connectivity index (χ2v) is 11.0. The van der Waals surface area contributed by atoms with Gasteiger partial charge in [0.15, 0.2) is 0 Å². The largest absolute Gasteiger partial charge is 0.379 e. The van der Waals surface area contributed by atoms with Crippen LogP contribution in [-0.2, 0) is 19.5 Å². The highest BCUT2D eigenvalue weighted by molar-refractivity contribution is 7.89. The second kappa shape index (κ2) is 10.6. The number of nitrogens with one attached hydrogen (secondary N) is 2. The van der Waals surface area contributed by atoms with Crippen LogP contribution < -0.4 is 10.2 Å². The molecule has 8 nitrogen and oxygen atoms in total. The number of amides is 1. The minimum Gasteiger partial charge on any atom is -0.379 e. The highest BCUT2D eigenvalue weighted by Crippen LogP contribution is 2.26. The summed E-state index contributed by atoms with van der Waals surface area (Å²) in [5.41, 5.74) is 0.267. The molecular weight excluding hydrogens is 474 g/mol. The van der Waals surface area contributed by atoms with Crippen molar-refractivity contribution in [3.05, 3.63) is 51.2 Å². The molecular formula is C21H27ClN3O5S2+. The molecule has 1 aromatic carbocycles. The van der Waals surface area contributed by atoms with E-state index in [-0.39, 0.29) is 40.5 Å². The molecule has 1 amide bonds. The molecule has 1 atom stereocenters. The van der Waals surface area contributed by atoms with Crippen LogP contribution in [0.3, 0.4) is 0 Å². The number of carbonyl (C=O) groups excluding carboxylic acids is 1. The van der Waals surface area contributed by atoms with Gasteiger partial charge in [0.2, 0.25) is 10.0 Å². The Hall–Kier alpha value is -1.53. The summed E-state index contributed by atoms with van der Waals surface area (Å²) < 4.78 is 38.2. The predicted molar refractivity (Wildman–Crippen MR) is 122 cm³/mol. The molecule has 11 heteroatoms. The summed E-state index contributed by atoms with van der Waals surface area (Å²) in [5.74, 6) is -0.325. The number of nitrogens with zero attached hydrogens (tertiary/aromatic N) is 1. The van der Waals surface area contributed by atoms with Gasteiger partial charge in [0, 0.05) is 18.7 Å². The van der Waals surface area contributed by atoms with E-state index in [2.05, 4.69) is 11.4 Å². The third-order valence-corrected chi connectivity index (χ3v) is 9.13. The smallest absolute Gasteiger partial charge is 0.251 e. The van der Waals surface area contributed by atoms with E-state index in [0.717, 1.165) is 13.1 Å². The van der Waals surface area contributed by atoms with Crippen LogP contribution in [0.25, 0.3) is 0 Å². The summed E-state index contributed by atoms with van der Waals surface area (Å²) in [4.78, 5) is 15.5. The Labute approximate surface area is 197 Å². The Bertz CT molecular complexity index is 1020. The zero-order valence-corrected chi connectivity index (χ0v) is 20.0. The normalized spacial score (nSPS) is 19.5. The molecule has 3 heterocycles. The molecule has 0 bridgehead atoms. The molecule has 0 aliphatic carbocycles. The van der Waals surface area contributed by atoms with Gasteiger partial charge in [-0.25, -0.2) is 8.42 Å². The summed E-state index contributed by atoms with van der Waals surface area (Å²) in [6.07, 6.45) is 0. The van der Waals surface area contributed by atoms with Crippen molar-refractivity contribution < 1.29 is 27.6 Å². The van der Waals surface area contributed by atoms with Gasteiger partial charge in [-0.1, -0.05) is 17.7 Å². The topological polar surface area (TPSA) is 89.4 Å². The first-order valence-corrected chi connectivity index (χ1v) is 13.3. The van der Waals surface area contributed by atoms with Gasteiger partial charge in [-0.05, 0) is 29.6 Å². The van der Waals surface area contributed by atoms with Crippen LogP contribution in [0, 0.1) is 0 Å². The first-order chi connectivity index (χ1) is 15.5. The lowest BCUT2D eigenvalue weighted by molar-refractivity contribution is -0.937. The van der Waals surface area contributed by atoms with Gasteiger partial charge >= 0.3 is 0 Å². The van der Waals surface area contributed by atoms with Crippen molar-refractivity contribution in [2.75, 3.05) is 59.2 Å². The van der Waals surface area contributed by atoms with E-state index in [1.165, 1.54) is 26.2 Å². The van der Waals surface area contributed by atoms with Gasteiger partial charge in [0.25, 0.3) is 5.91 Å². The molecule has 2 aromatic rings. The van der Waals surface area contributed by atoms with E-state index in [9.17, 15) is 13.2 Å². The number of benzene rings is 1. The third kappa shape index (κ3) is 5.33. The Balaban J connectivity index is 1.50. The molecule has 0 unspecified atom stereocenters. The minimum absolute atomic E-state index is 0.0534. The SMILES string of the molecule is O=C(NC[C@H](c1cccs1)[NH+]1CCOCC1)c1ccc(Cl)c(S(=O)(=O)N2CCOCC2)c1. The van der Waals surface area contributed by atoms with Crippen LogP contribution in [-0.4, -0.2) is 77.8 Å². The van der Waals surface area contributed by atoms with E-state index in [1.54, 1.807) is 17.4 Å². The molecule has 2 N–H and O–H groups in total. The van der Waals surface area contributed by atoms with Gasteiger partial charge < -0.3 is 19.7 Å². The summed E-state index contributed by atoms with van der Waals surface area (Å²) >= 11 is 7.89. The van der Waals surface area contributed by atoms with Crippen molar-refractivity contribution in [1.29, 1.82) is 0 Å². The fourth-order valence-corrected chi connectivity index (χ4v) is 6.78. The fourth-order valence-electron chi connectivity index (χ4n) is 3.98. The second-order valence-electron chi connectivity index (χ2n) is 7.71. The number of thiophene rings is 1. The number of ether oxygens (including phenoxy) is 2. The molecule has 0 saturated carbocycles. The van der Waals surface area contributed by atoms with Crippen molar-refractivity contribution >= 4 is 38.9 Å². The summed E-state index contributed by atoms with van der Waals surface area (Å²) in [6.45, 7) is 4.80. The third-order valence-electron chi connectivity index (χ3n) is 5.76. The predicted octanol–water partition coefficient (Wildman–Crippen LogP) is 0.809. The Kier molecular flexibility index (Phi) is 7.83. The van der Waals surface area contributed by atoms with Crippen molar-refractivity contribution in [1.82, 2.24) is 9.62 Å². The van der Waals surface area contributed by atoms with Crippen LogP contribution in [0.15, 0.2) is 40.6 Å². The quantitative estimate of drug-likeness (QED) is 0.587. The van der Waals surface area contributed by atoms with Crippen LogP contribution in [0.1, 0.15) is 21.3 Å². The van der Waals surface area contributed by atoms with Gasteiger partial charge in [-0.2, -0.15) is 4.31 Å². The number of carbonyl (C=O) groups is 1. The van der Waals surface area contributed by atoms with E-state index < -0.39 is 10.0 Å². The summed E-state index contributed by atoms with van der Waals surface area (Å²) in [6, 6.07) is 8.60. The zero-order valence-electron chi connectivity index (χ0n) is 17.6. The number of hydrogen-bond acceptors (Lipinski definition) is 6. The van der Waals surface area contributed by atoms with Crippen molar-refractivity contribution in [2.24, 2.45) is 0 Å². The van der Waals surface area contributed by atoms with E-state index in [4.69, 9.17) is 21.1 Å². The maximum atomic E-state index is 13.1. The highest BCUT2D eigenvalue weighted by atomic mass is 35.5. The lowest BCUT2D eigenvalue weighted by Gasteiger charge is -2.31. The molecule has 0 spiro atoms. The number of rotatable bonds is 7. The molecule has 174 valence electrons. The Morgan fingerprint density at radius 2 is 1.88 bits per heavy atom. The van der Waals surface area contributed by atoms with E-state index in [0.29, 0.717) is 33.0 Å². The summed E-state index contributed by atoms with van der Waals surface area (Å²) in [5, 5.41) is 5.13. The number of sulfonamides is 1. The molecule has 32 heavy (non-hydrogen) atoms. The standard InChI is InChI=1S/C21H26ClN3O5S2/c22-17-4-3-16(14-20(17)32(27,28)25-7-11-30-12-8-25)21(26)23-15-18(19-2-1-13-31-19)24-5-9-29-10-6-24/h1-4,13-14,18H,5-12,15H2,(H,23,26)/p+1/t18-/m1/s1. The van der Waals surface area contributed by atoms with Crippen molar-refractivity contribution in [3.8, 4) is 0 Å². The van der Waals surface area contributed by atoms with Gasteiger partial charge in [0.1, 0.15) is 24.0 Å². The summed E-state index contributed by atoms with van der Waals surface area (Å²) in [7, 11) is -3.81. The molecule has 2 aliphatic heterocycles. The van der Waals surface area contributed by atoms with Crippen LogP contribution in [0.5, 0.6) is 0 Å². The molecule has 2 fully saturated rings. The lowest BCUT2D eigenvalue weighted by Crippen LogP contribution is -3.15. The first kappa shape index (κ1) is 23.6. The molecule has 2 aliphatic rings. The Morgan fingerprint density at radius 1 is 1.16 bits per heavy atom. The number of quaternary nitrogens is 1. The van der Waals surface area contributed by atoms with Gasteiger partial charge in [-0.3, -0.25) is 4.79 Å². The molecule has 4 rings (SSSR count). The van der Waals surface area contributed by atoms with E-state index in [1.807, 2.05) is 11.4 Å². The van der Waals surface area contributed by atoms with Crippen molar-refractivity contribution in [2.45, 2.75) is 10.9 Å². The van der Waals surface area contributed by atoms with Gasteiger partial charge in [0.05, 0.1) is 42.9 Å². The fraction of sp³-hybridized carbons (Fsp3) is 0.476. The molecule has 0 radical (unpaired) electrons. The van der Waals surface area contributed by atoms with Crippen LogP contribution in [0.2, 0.25) is 5.02 Å². The number of hydrogen-bond donors (Lipinski definition) is 2. The average Bonchev–Trinajstić information content (AvgIpc) is 3.35. The number of morpholine rings is 2. The van der Waals surface area contributed by atoms with E-state index >= 15 is 0 Å². The molecule has 2 saturated heterocycles. The van der Waals surface area contributed by atoms with Crippen LogP contribution in [0.4, 0.5) is 0 Å². The Morgan fingerprint density at radius 3 is 2.56 bits per heavy atom. The maximum absolute atomic E-state index is 13.1. The maximum Gasteiger partial charge on any atom is 0.251 e. The average molecular weight is 501 g/mol. The van der Waals surface area contributed by atoms with Crippen LogP contribution >= 0.6 is 22.9 Å². The highest BCUT2D eigenvalue weighted by Gasteiger charge is 2.30. The molecule has 1 aromatic heterocycles. The first-order valence-electron chi connectivity index (χ1n) is 10.6. The zero-order chi connectivity index (χ0) is 22.6. The van der Waals surface area contributed by atoms with Crippen molar-refractivity contribution in [3.63, 3.8) is 0 Å². The minimum atomic E-state index is -3.81.